The normalized spacial score (nSPS) is 22.5. The van der Waals surface area contributed by atoms with Crippen molar-refractivity contribution in [1.29, 1.82) is 0 Å². The third-order valence-electron chi connectivity index (χ3n) is 6.22. The fourth-order valence-corrected chi connectivity index (χ4v) is 4.34. The van der Waals surface area contributed by atoms with Crippen molar-refractivity contribution in [1.82, 2.24) is 9.80 Å². The number of carbonyl (C=O) groups is 2. The lowest BCUT2D eigenvalue weighted by Gasteiger charge is -2.46. The van der Waals surface area contributed by atoms with Gasteiger partial charge in [0, 0.05) is 25.3 Å². The maximum Gasteiger partial charge on any atom is 0.241 e. The topological polar surface area (TPSA) is 43.9 Å². The minimum Gasteiger partial charge on any atom is -0.340 e. The Kier molecular flexibility index (Phi) is 5.13. The monoisotopic (exact) mass is 395 g/mol. The van der Waals surface area contributed by atoms with E-state index in [0.717, 1.165) is 12.0 Å². The van der Waals surface area contributed by atoms with Gasteiger partial charge in [-0.25, -0.2) is 4.39 Å². The van der Waals surface area contributed by atoms with E-state index in [9.17, 15) is 14.0 Å². The Morgan fingerprint density at radius 2 is 1.90 bits per heavy atom. The zero-order valence-electron chi connectivity index (χ0n) is 16.9. The molecule has 29 heavy (non-hydrogen) atoms. The second-order valence-corrected chi connectivity index (χ2v) is 8.27. The highest BCUT2D eigenvalue weighted by Gasteiger charge is 2.48. The van der Waals surface area contributed by atoms with Gasteiger partial charge in [-0.05, 0) is 44.2 Å². The predicted octanol–water partition coefficient (Wildman–Crippen LogP) is 2.63. The van der Waals surface area contributed by atoms with E-state index >= 15 is 0 Å². The molecule has 0 aromatic heterocycles. The van der Waals surface area contributed by atoms with Gasteiger partial charge in [-0.2, -0.15) is 0 Å². The maximum atomic E-state index is 13.7. The van der Waals surface area contributed by atoms with Crippen LogP contribution in [0, 0.1) is 12.7 Å². The average molecular weight is 395 g/mol. The molecule has 1 spiro atoms. The predicted molar refractivity (Wildman–Crippen MR) is 110 cm³/mol. The number of hydrogen-bond acceptors (Lipinski definition) is 3. The molecule has 2 aromatic rings. The van der Waals surface area contributed by atoms with Gasteiger partial charge in [0.25, 0.3) is 0 Å². The van der Waals surface area contributed by atoms with Crippen LogP contribution >= 0.6 is 0 Å². The third-order valence-corrected chi connectivity index (χ3v) is 6.22. The molecular weight excluding hydrogens is 369 g/mol. The second kappa shape index (κ2) is 7.59. The van der Waals surface area contributed by atoms with E-state index in [0.29, 0.717) is 31.7 Å². The number of rotatable bonds is 3. The lowest BCUT2D eigenvalue weighted by molar-refractivity contribution is -0.130. The number of nitrogens with zero attached hydrogens (tertiary/aromatic N) is 3. The van der Waals surface area contributed by atoms with Crippen LogP contribution in [0.2, 0.25) is 0 Å². The van der Waals surface area contributed by atoms with Crippen molar-refractivity contribution in [3.05, 3.63) is 65.5 Å². The fraction of sp³-hybridized carbons (Fsp3) is 0.391. The first-order valence-corrected chi connectivity index (χ1v) is 9.97. The molecule has 152 valence electrons. The Bertz CT molecular complexity index is 930. The highest BCUT2D eigenvalue weighted by Crippen LogP contribution is 2.33. The van der Waals surface area contributed by atoms with Crippen molar-refractivity contribution in [3.8, 4) is 0 Å². The molecule has 1 atom stereocenters. The third kappa shape index (κ3) is 3.90. The Morgan fingerprint density at radius 1 is 1.14 bits per heavy atom. The number of benzene rings is 2. The molecule has 0 radical (unpaired) electrons. The number of aryl methyl sites for hydroxylation is 1. The van der Waals surface area contributed by atoms with Crippen LogP contribution in [0.3, 0.4) is 0 Å². The van der Waals surface area contributed by atoms with Crippen molar-refractivity contribution in [3.63, 3.8) is 0 Å². The number of halogens is 1. The number of hydrogen-bond donors (Lipinski definition) is 0. The van der Waals surface area contributed by atoms with Crippen LogP contribution in [-0.2, 0) is 16.0 Å². The molecule has 2 heterocycles. The van der Waals surface area contributed by atoms with E-state index in [1.165, 1.54) is 17.7 Å². The van der Waals surface area contributed by atoms with Crippen LogP contribution in [0.5, 0.6) is 0 Å². The number of likely N-dealkylation sites (N-methyl/N-ethyl adjacent to an activating group) is 1. The summed E-state index contributed by atoms with van der Waals surface area (Å²) in [5.41, 5.74) is 2.46. The molecule has 5 nitrogen and oxygen atoms in total. The van der Waals surface area contributed by atoms with Gasteiger partial charge in [0.05, 0.1) is 18.5 Å². The van der Waals surface area contributed by atoms with E-state index in [1.807, 2.05) is 43.1 Å². The molecule has 2 aliphatic rings. The summed E-state index contributed by atoms with van der Waals surface area (Å²) in [6.45, 7) is 3.99. The van der Waals surface area contributed by atoms with Gasteiger partial charge in [-0.15, -0.1) is 0 Å². The molecule has 6 heteroatoms. The molecule has 2 fully saturated rings. The Labute approximate surface area is 170 Å². The standard InChI is InChI=1S/C23H26FN3O2/c1-17-6-8-18(9-7-17)12-21(28)26-11-10-23(15-26)16-27(22(29)14-25(23)2)20-5-3-4-19(24)13-20/h3-9,13H,10-12,14-16H2,1-2H3. The van der Waals surface area contributed by atoms with Crippen molar-refractivity contribution in [2.45, 2.75) is 25.3 Å². The van der Waals surface area contributed by atoms with E-state index in [4.69, 9.17) is 0 Å². The quantitative estimate of drug-likeness (QED) is 0.803. The first-order valence-electron chi connectivity index (χ1n) is 9.97. The number of piperazine rings is 1. The van der Waals surface area contributed by atoms with Crippen LogP contribution in [0.1, 0.15) is 17.5 Å². The molecule has 0 saturated carbocycles. The van der Waals surface area contributed by atoms with Gasteiger partial charge in [0.1, 0.15) is 5.82 Å². The summed E-state index contributed by atoms with van der Waals surface area (Å²) in [6, 6.07) is 14.2. The first-order chi connectivity index (χ1) is 13.9. The summed E-state index contributed by atoms with van der Waals surface area (Å²) < 4.78 is 13.7. The molecule has 2 aromatic carbocycles. The largest absolute Gasteiger partial charge is 0.340 e. The Balaban J connectivity index is 1.49. The van der Waals surface area contributed by atoms with E-state index in [2.05, 4.69) is 4.90 Å². The number of likely N-dealkylation sites (tertiary alicyclic amines) is 1. The summed E-state index contributed by atoms with van der Waals surface area (Å²) in [5.74, 6) is -0.300. The highest BCUT2D eigenvalue weighted by molar-refractivity contribution is 5.96. The summed E-state index contributed by atoms with van der Waals surface area (Å²) >= 11 is 0. The molecule has 4 rings (SSSR count). The fourth-order valence-electron chi connectivity index (χ4n) is 4.34. The van der Waals surface area contributed by atoms with E-state index < -0.39 is 0 Å². The summed E-state index contributed by atoms with van der Waals surface area (Å²) in [5, 5.41) is 0. The number of amides is 2. The second-order valence-electron chi connectivity index (χ2n) is 8.27. The van der Waals surface area contributed by atoms with Gasteiger partial charge < -0.3 is 9.80 Å². The van der Waals surface area contributed by atoms with Crippen LogP contribution in [0.15, 0.2) is 48.5 Å². The zero-order chi connectivity index (χ0) is 20.6. The maximum absolute atomic E-state index is 13.7. The summed E-state index contributed by atoms with van der Waals surface area (Å²) in [6.07, 6.45) is 1.18. The molecule has 0 aliphatic carbocycles. The van der Waals surface area contributed by atoms with Crippen LogP contribution in [0.25, 0.3) is 0 Å². The first kappa shape index (κ1) is 19.6. The van der Waals surface area contributed by atoms with E-state index in [-0.39, 0.29) is 29.7 Å². The van der Waals surface area contributed by atoms with Gasteiger partial charge in [0.15, 0.2) is 0 Å². The van der Waals surface area contributed by atoms with Crippen LogP contribution < -0.4 is 4.90 Å². The van der Waals surface area contributed by atoms with Crippen molar-refractivity contribution >= 4 is 17.5 Å². The molecular formula is C23H26FN3O2. The van der Waals surface area contributed by atoms with Crippen molar-refractivity contribution in [2.24, 2.45) is 0 Å². The van der Waals surface area contributed by atoms with Gasteiger partial charge in [0.2, 0.25) is 11.8 Å². The lowest BCUT2D eigenvalue weighted by Crippen LogP contribution is -2.64. The van der Waals surface area contributed by atoms with Gasteiger partial charge >= 0.3 is 0 Å². The molecule has 0 bridgehead atoms. The lowest BCUT2D eigenvalue weighted by atomic mass is 9.92. The minimum absolute atomic E-state index is 0.0480. The van der Waals surface area contributed by atoms with Gasteiger partial charge in [-0.3, -0.25) is 14.5 Å². The van der Waals surface area contributed by atoms with Gasteiger partial charge in [-0.1, -0.05) is 35.9 Å². The SMILES string of the molecule is Cc1ccc(CC(=O)N2CCC3(C2)CN(c2cccc(F)c2)C(=O)CN3C)cc1. The smallest absolute Gasteiger partial charge is 0.241 e. The van der Waals surface area contributed by atoms with Crippen molar-refractivity contribution < 1.29 is 14.0 Å². The molecule has 2 saturated heterocycles. The number of carbonyl (C=O) groups excluding carboxylic acids is 2. The average Bonchev–Trinajstić information content (AvgIpc) is 3.12. The molecule has 2 aliphatic heterocycles. The summed E-state index contributed by atoms with van der Waals surface area (Å²) in [7, 11) is 1.94. The van der Waals surface area contributed by atoms with Crippen LogP contribution in [0.4, 0.5) is 10.1 Å². The molecule has 0 N–H and O–H groups in total. The molecule has 1 unspecified atom stereocenters. The summed E-state index contributed by atoms with van der Waals surface area (Å²) in [4.78, 5) is 31.1. The number of anilines is 1. The van der Waals surface area contributed by atoms with Crippen molar-refractivity contribution in [2.75, 3.05) is 38.1 Å². The molecule has 2 amide bonds. The Hall–Kier alpha value is -2.73. The highest BCUT2D eigenvalue weighted by atomic mass is 19.1. The minimum atomic E-state index is -0.357. The zero-order valence-corrected chi connectivity index (χ0v) is 16.9. The van der Waals surface area contributed by atoms with Crippen LogP contribution in [-0.4, -0.2) is 60.4 Å². The van der Waals surface area contributed by atoms with E-state index in [1.54, 1.807) is 17.0 Å². The Morgan fingerprint density at radius 3 is 2.62 bits per heavy atom.